The molecular weight excluding hydrogens is 252 g/mol. The first-order chi connectivity index (χ1) is 8.74. The Morgan fingerprint density at radius 3 is 3.22 bits per heavy atom. The molecule has 0 unspecified atom stereocenters. The molecule has 0 aliphatic carbocycles. The predicted octanol–water partition coefficient (Wildman–Crippen LogP) is 0.632. The minimum Gasteiger partial charge on any atom is -0.383 e. The van der Waals surface area contributed by atoms with Crippen LogP contribution in [0.25, 0.3) is 10.2 Å². The third-order valence-electron chi connectivity index (χ3n) is 2.82. The molecule has 1 fully saturated rings. The van der Waals surface area contributed by atoms with E-state index in [1.54, 1.807) is 4.90 Å². The number of ether oxygens (including phenoxy) is 1. The van der Waals surface area contributed by atoms with Crippen LogP contribution < -0.4 is 5.73 Å². The van der Waals surface area contributed by atoms with Crippen LogP contribution in [0.15, 0.2) is 11.4 Å². The molecule has 6 nitrogen and oxygen atoms in total. The molecular formula is C11H12N4O2S. The van der Waals surface area contributed by atoms with Gasteiger partial charge in [0.15, 0.2) is 5.82 Å². The maximum Gasteiger partial charge on any atom is 0.249 e. The van der Waals surface area contributed by atoms with Crippen molar-refractivity contribution in [3.05, 3.63) is 17.3 Å². The highest BCUT2D eigenvalue weighted by Crippen LogP contribution is 2.23. The highest BCUT2D eigenvalue weighted by atomic mass is 32.1. The van der Waals surface area contributed by atoms with Crippen molar-refractivity contribution < 1.29 is 9.53 Å². The van der Waals surface area contributed by atoms with E-state index in [1.165, 1.54) is 11.3 Å². The van der Waals surface area contributed by atoms with E-state index in [9.17, 15) is 4.79 Å². The monoisotopic (exact) mass is 264 g/mol. The van der Waals surface area contributed by atoms with Gasteiger partial charge in [0.25, 0.3) is 0 Å². The number of nitrogen functional groups attached to an aromatic ring is 1. The Morgan fingerprint density at radius 2 is 2.39 bits per heavy atom. The van der Waals surface area contributed by atoms with Gasteiger partial charge in [0.1, 0.15) is 17.3 Å². The quantitative estimate of drug-likeness (QED) is 0.860. The van der Waals surface area contributed by atoms with Gasteiger partial charge in [-0.05, 0) is 11.4 Å². The highest BCUT2D eigenvalue weighted by molar-refractivity contribution is 7.16. The largest absolute Gasteiger partial charge is 0.383 e. The fourth-order valence-electron chi connectivity index (χ4n) is 1.88. The number of anilines is 1. The van der Waals surface area contributed by atoms with E-state index in [1.807, 2.05) is 11.4 Å². The van der Waals surface area contributed by atoms with Crippen LogP contribution in [-0.4, -0.2) is 40.5 Å². The van der Waals surface area contributed by atoms with Gasteiger partial charge < -0.3 is 15.4 Å². The molecule has 0 spiro atoms. The fraction of sp³-hybridized carbons (Fsp3) is 0.364. The summed E-state index contributed by atoms with van der Waals surface area (Å²) in [7, 11) is 0. The lowest BCUT2D eigenvalue weighted by Crippen LogP contribution is -2.41. The summed E-state index contributed by atoms with van der Waals surface area (Å²) < 4.78 is 5.08. The van der Waals surface area contributed by atoms with Gasteiger partial charge in [-0.15, -0.1) is 11.3 Å². The number of carbonyl (C=O) groups excluding carboxylic acids is 1. The van der Waals surface area contributed by atoms with E-state index in [-0.39, 0.29) is 12.5 Å². The summed E-state index contributed by atoms with van der Waals surface area (Å²) in [6, 6.07) is 1.90. The second-order valence-electron chi connectivity index (χ2n) is 4.03. The van der Waals surface area contributed by atoms with Crippen molar-refractivity contribution in [2.45, 2.75) is 6.54 Å². The molecule has 2 aromatic rings. The van der Waals surface area contributed by atoms with Gasteiger partial charge in [-0.25, -0.2) is 9.97 Å². The van der Waals surface area contributed by atoms with Crippen molar-refractivity contribution in [2.75, 3.05) is 25.5 Å². The van der Waals surface area contributed by atoms with Gasteiger partial charge in [-0.3, -0.25) is 4.79 Å². The van der Waals surface area contributed by atoms with E-state index in [0.29, 0.717) is 31.3 Å². The second-order valence-corrected chi connectivity index (χ2v) is 4.93. The lowest BCUT2D eigenvalue weighted by Gasteiger charge is -2.25. The lowest BCUT2D eigenvalue weighted by molar-refractivity contribution is -0.143. The zero-order valence-corrected chi connectivity index (χ0v) is 10.4. The molecule has 0 bridgehead atoms. The summed E-state index contributed by atoms with van der Waals surface area (Å²) in [6.45, 7) is 1.66. The molecule has 2 N–H and O–H groups in total. The SMILES string of the molecule is Nc1nc(CN2CCOCC2=O)nc2sccc12. The summed E-state index contributed by atoms with van der Waals surface area (Å²) in [5, 5.41) is 2.80. The number of nitrogens with two attached hydrogens (primary N) is 1. The molecule has 2 aromatic heterocycles. The number of morpholine rings is 1. The average Bonchev–Trinajstić information content (AvgIpc) is 2.81. The van der Waals surface area contributed by atoms with Gasteiger partial charge in [0.05, 0.1) is 18.5 Å². The molecule has 1 aliphatic rings. The summed E-state index contributed by atoms with van der Waals surface area (Å²) in [6.07, 6.45) is 0. The number of nitrogens with zero attached hydrogens (tertiary/aromatic N) is 3. The van der Waals surface area contributed by atoms with Crippen molar-refractivity contribution in [2.24, 2.45) is 0 Å². The van der Waals surface area contributed by atoms with Crippen LogP contribution in [0.5, 0.6) is 0 Å². The maximum absolute atomic E-state index is 11.6. The van der Waals surface area contributed by atoms with Gasteiger partial charge >= 0.3 is 0 Å². The number of carbonyl (C=O) groups is 1. The van der Waals surface area contributed by atoms with E-state index < -0.39 is 0 Å². The Balaban J connectivity index is 1.87. The molecule has 0 saturated carbocycles. The summed E-state index contributed by atoms with van der Waals surface area (Å²) in [5.74, 6) is 1.02. The molecule has 1 amide bonds. The standard InChI is InChI=1S/C11H12N4O2S/c12-10-7-1-4-18-11(7)14-8(13-10)5-15-2-3-17-6-9(15)16/h1,4H,2-3,5-6H2,(H2,12,13,14). The number of hydrogen-bond donors (Lipinski definition) is 1. The van der Waals surface area contributed by atoms with E-state index >= 15 is 0 Å². The van der Waals surface area contributed by atoms with Crippen molar-refractivity contribution in [1.82, 2.24) is 14.9 Å². The molecule has 0 aromatic carbocycles. The zero-order chi connectivity index (χ0) is 12.5. The molecule has 3 heterocycles. The molecule has 7 heteroatoms. The Kier molecular flexibility index (Phi) is 2.85. The Morgan fingerprint density at radius 1 is 1.50 bits per heavy atom. The summed E-state index contributed by atoms with van der Waals surface area (Å²) in [5.41, 5.74) is 5.87. The number of rotatable bonds is 2. The number of fused-ring (bicyclic) bond motifs is 1. The Bertz CT molecular complexity index is 598. The van der Waals surface area contributed by atoms with Crippen molar-refractivity contribution in [3.8, 4) is 0 Å². The van der Waals surface area contributed by atoms with Crippen LogP contribution >= 0.6 is 11.3 Å². The lowest BCUT2D eigenvalue weighted by atomic mass is 10.3. The first-order valence-corrected chi connectivity index (χ1v) is 6.47. The van der Waals surface area contributed by atoms with Gasteiger partial charge in [-0.1, -0.05) is 0 Å². The van der Waals surface area contributed by atoms with Crippen LogP contribution in [0.2, 0.25) is 0 Å². The third kappa shape index (κ3) is 2.02. The van der Waals surface area contributed by atoms with Crippen molar-refractivity contribution >= 4 is 33.3 Å². The molecule has 1 aliphatic heterocycles. The average molecular weight is 264 g/mol. The molecule has 94 valence electrons. The van der Waals surface area contributed by atoms with Crippen molar-refractivity contribution in [3.63, 3.8) is 0 Å². The van der Waals surface area contributed by atoms with E-state index in [0.717, 1.165) is 10.2 Å². The number of aromatic nitrogens is 2. The second kappa shape index (κ2) is 4.51. The predicted molar refractivity (Wildman–Crippen MR) is 68.1 cm³/mol. The van der Waals surface area contributed by atoms with Crippen LogP contribution in [0.4, 0.5) is 5.82 Å². The minimum atomic E-state index is -0.0327. The summed E-state index contributed by atoms with van der Waals surface area (Å²) in [4.78, 5) is 22.8. The van der Waals surface area contributed by atoms with Crippen molar-refractivity contribution in [1.29, 1.82) is 0 Å². The van der Waals surface area contributed by atoms with Crippen LogP contribution in [0, 0.1) is 0 Å². The van der Waals surface area contributed by atoms with Crippen LogP contribution in [0.3, 0.4) is 0 Å². The number of hydrogen-bond acceptors (Lipinski definition) is 6. The first kappa shape index (κ1) is 11.4. The van der Waals surface area contributed by atoms with Gasteiger partial charge in [0, 0.05) is 6.54 Å². The maximum atomic E-state index is 11.6. The molecule has 1 saturated heterocycles. The fourth-order valence-corrected chi connectivity index (χ4v) is 2.67. The minimum absolute atomic E-state index is 0.0327. The van der Waals surface area contributed by atoms with E-state index in [2.05, 4.69) is 9.97 Å². The molecule has 0 atom stereocenters. The van der Waals surface area contributed by atoms with Crippen LogP contribution in [-0.2, 0) is 16.1 Å². The van der Waals surface area contributed by atoms with E-state index in [4.69, 9.17) is 10.5 Å². The molecule has 3 rings (SSSR count). The smallest absolute Gasteiger partial charge is 0.249 e. The number of thiophene rings is 1. The zero-order valence-electron chi connectivity index (χ0n) is 9.63. The first-order valence-electron chi connectivity index (χ1n) is 5.59. The Hall–Kier alpha value is -1.73. The highest BCUT2D eigenvalue weighted by Gasteiger charge is 2.20. The van der Waals surface area contributed by atoms with Gasteiger partial charge in [0.2, 0.25) is 5.91 Å². The summed E-state index contributed by atoms with van der Waals surface area (Å²) >= 11 is 1.52. The Labute approximate surface area is 107 Å². The number of amides is 1. The molecule has 18 heavy (non-hydrogen) atoms. The molecule has 0 radical (unpaired) electrons. The normalized spacial score (nSPS) is 16.4. The van der Waals surface area contributed by atoms with Gasteiger partial charge in [-0.2, -0.15) is 0 Å². The third-order valence-corrected chi connectivity index (χ3v) is 3.62. The van der Waals surface area contributed by atoms with Crippen LogP contribution in [0.1, 0.15) is 5.82 Å². The topological polar surface area (TPSA) is 81.3 Å².